The van der Waals surface area contributed by atoms with Crippen LogP contribution in [0.2, 0.25) is 5.02 Å². The van der Waals surface area contributed by atoms with Crippen molar-refractivity contribution in [2.24, 2.45) is 10.8 Å². The number of ether oxygens (including phenoxy) is 3. The normalized spacial score (nSPS) is 22.6. The Bertz CT molecular complexity index is 1400. The Hall–Kier alpha value is -3.01. The first-order valence-corrected chi connectivity index (χ1v) is 16.3. The van der Waals surface area contributed by atoms with Gasteiger partial charge < -0.3 is 29.1 Å². The van der Waals surface area contributed by atoms with Crippen molar-refractivity contribution in [3.8, 4) is 11.5 Å². The number of hydrogen-bond acceptors (Lipinski definition) is 8. The van der Waals surface area contributed by atoms with Gasteiger partial charge in [-0.15, -0.1) is 0 Å². The summed E-state index contributed by atoms with van der Waals surface area (Å²) in [6, 6.07) is 11.2. The lowest BCUT2D eigenvalue weighted by Gasteiger charge is -2.65. The van der Waals surface area contributed by atoms with Gasteiger partial charge in [-0.05, 0) is 63.1 Å². The molecular weight excluding hydrogens is 594 g/mol. The largest absolute Gasteiger partial charge is 0.506 e. The molecule has 0 unspecified atom stereocenters. The highest BCUT2D eigenvalue weighted by Gasteiger charge is 2.67. The number of fused-ring (bicyclic) bond motifs is 1. The quantitative estimate of drug-likeness (QED) is 0.259. The van der Waals surface area contributed by atoms with E-state index in [1.54, 1.807) is 12.1 Å². The first kappa shape index (κ1) is 33.4. The Labute approximate surface area is 272 Å². The third-order valence-corrected chi connectivity index (χ3v) is 9.61. The number of aromatic hydroxyl groups is 1. The Morgan fingerprint density at radius 3 is 2.36 bits per heavy atom. The summed E-state index contributed by atoms with van der Waals surface area (Å²) in [6.45, 7) is 19.9. The summed E-state index contributed by atoms with van der Waals surface area (Å²) >= 11 is 6.13. The van der Waals surface area contributed by atoms with Gasteiger partial charge in [-0.3, -0.25) is 9.69 Å². The van der Waals surface area contributed by atoms with E-state index in [0.29, 0.717) is 18.9 Å². The van der Waals surface area contributed by atoms with Crippen molar-refractivity contribution in [3.63, 3.8) is 0 Å². The van der Waals surface area contributed by atoms with Crippen LogP contribution in [0, 0.1) is 10.8 Å². The number of nitrogens with zero attached hydrogens (tertiary/aromatic N) is 3. The van der Waals surface area contributed by atoms with Gasteiger partial charge in [0.15, 0.2) is 0 Å². The second kappa shape index (κ2) is 12.6. The summed E-state index contributed by atoms with van der Waals surface area (Å²) in [6.07, 6.45) is 0.720. The molecule has 1 N–H and O–H groups in total. The van der Waals surface area contributed by atoms with E-state index in [0.717, 1.165) is 56.0 Å². The molecule has 2 aromatic rings. The number of carbonyl (C=O) groups excluding carboxylic acids is 2. The topological polar surface area (TPSA) is 91.8 Å². The number of anilines is 1. The van der Waals surface area contributed by atoms with E-state index >= 15 is 0 Å². The predicted octanol–water partition coefficient (Wildman–Crippen LogP) is 5.75. The third kappa shape index (κ3) is 7.05. The molecule has 45 heavy (non-hydrogen) atoms. The van der Waals surface area contributed by atoms with Crippen LogP contribution >= 0.6 is 11.6 Å². The summed E-state index contributed by atoms with van der Waals surface area (Å²) in [4.78, 5) is 32.4. The third-order valence-electron chi connectivity index (χ3n) is 9.31. The molecule has 0 radical (unpaired) electrons. The standard InChI is InChI=1S/C35H48ClN3O6/c1-33(2,3)45-29(41)22-43-18-8-13-37-14-16-38(17-15-37)24-9-11-26-23(19-24)21-39(30(26)42)31-34(4,5)32(35(31,6)7)44-25-10-12-28(40)27(36)20-25/h9-12,19-20,31-32,40H,8,13-18,21-22H2,1-7H3. The highest BCUT2D eigenvalue weighted by molar-refractivity contribution is 6.32. The number of carbonyl (C=O) groups is 2. The van der Waals surface area contributed by atoms with Gasteiger partial charge in [-0.2, -0.15) is 0 Å². The Morgan fingerprint density at radius 1 is 1.02 bits per heavy atom. The van der Waals surface area contributed by atoms with Gasteiger partial charge in [0.05, 0.1) is 5.02 Å². The van der Waals surface area contributed by atoms with E-state index < -0.39 is 5.60 Å². The number of esters is 1. The fourth-order valence-corrected chi connectivity index (χ4v) is 7.96. The van der Waals surface area contributed by atoms with Crippen LogP contribution in [-0.2, 0) is 20.8 Å². The van der Waals surface area contributed by atoms with Crippen molar-refractivity contribution in [1.82, 2.24) is 9.80 Å². The maximum atomic E-state index is 13.7. The zero-order valence-corrected chi connectivity index (χ0v) is 28.4. The van der Waals surface area contributed by atoms with E-state index in [1.807, 2.05) is 31.7 Å². The smallest absolute Gasteiger partial charge is 0.332 e. The van der Waals surface area contributed by atoms with Gasteiger partial charge in [0, 0.05) is 80.1 Å². The molecule has 2 heterocycles. The molecule has 1 saturated heterocycles. The molecule has 0 atom stereocenters. The molecule has 2 fully saturated rings. The lowest BCUT2D eigenvalue weighted by atomic mass is 9.49. The van der Waals surface area contributed by atoms with Crippen molar-refractivity contribution >= 4 is 29.2 Å². The van der Waals surface area contributed by atoms with Crippen LogP contribution in [0.15, 0.2) is 36.4 Å². The summed E-state index contributed by atoms with van der Waals surface area (Å²) in [5.41, 5.74) is 1.91. The van der Waals surface area contributed by atoms with Crippen LogP contribution in [0.4, 0.5) is 5.69 Å². The number of piperazine rings is 1. The van der Waals surface area contributed by atoms with E-state index in [-0.39, 0.29) is 52.2 Å². The highest BCUT2D eigenvalue weighted by atomic mass is 35.5. The Morgan fingerprint density at radius 2 is 1.71 bits per heavy atom. The zero-order valence-electron chi connectivity index (χ0n) is 27.7. The number of amides is 1. The predicted molar refractivity (Wildman–Crippen MR) is 175 cm³/mol. The minimum atomic E-state index is -0.497. The summed E-state index contributed by atoms with van der Waals surface area (Å²) in [5, 5.41) is 10.1. The monoisotopic (exact) mass is 641 g/mol. The fraction of sp³-hybridized carbons (Fsp3) is 0.600. The van der Waals surface area contributed by atoms with Crippen LogP contribution in [0.25, 0.3) is 0 Å². The van der Waals surface area contributed by atoms with Crippen molar-refractivity contribution in [2.75, 3.05) is 50.8 Å². The van der Waals surface area contributed by atoms with Crippen LogP contribution < -0.4 is 9.64 Å². The van der Waals surface area contributed by atoms with Crippen LogP contribution in [0.3, 0.4) is 0 Å². The fourth-order valence-electron chi connectivity index (χ4n) is 7.79. The molecule has 3 aliphatic rings. The minimum Gasteiger partial charge on any atom is -0.506 e. The molecule has 5 rings (SSSR count). The van der Waals surface area contributed by atoms with Gasteiger partial charge in [0.25, 0.3) is 5.91 Å². The number of phenolic OH excluding ortho intramolecular Hbond substituents is 1. The molecule has 0 spiro atoms. The van der Waals surface area contributed by atoms with Gasteiger partial charge in [-0.1, -0.05) is 39.3 Å². The average molecular weight is 642 g/mol. The summed E-state index contributed by atoms with van der Waals surface area (Å²) in [7, 11) is 0. The maximum absolute atomic E-state index is 13.7. The molecular formula is C35H48ClN3O6. The maximum Gasteiger partial charge on any atom is 0.332 e. The second-order valence-electron chi connectivity index (χ2n) is 14.8. The molecule has 1 aliphatic carbocycles. The van der Waals surface area contributed by atoms with Crippen molar-refractivity contribution in [2.45, 2.75) is 79.2 Å². The first-order chi connectivity index (χ1) is 21.1. The first-order valence-electron chi connectivity index (χ1n) is 15.9. The van der Waals surface area contributed by atoms with Gasteiger partial charge in [0.1, 0.15) is 29.8 Å². The zero-order chi connectivity index (χ0) is 32.7. The molecule has 2 aromatic carbocycles. The number of halogens is 1. The van der Waals surface area contributed by atoms with Crippen LogP contribution in [0.1, 0.15) is 70.8 Å². The lowest BCUT2D eigenvalue weighted by molar-refractivity contribution is -0.199. The summed E-state index contributed by atoms with van der Waals surface area (Å²) in [5.74, 6) is 0.377. The summed E-state index contributed by atoms with van der Waals surface area (Å²) < 4.78 is 17.2. The second-order valence-corrected chi connectivity index (χ2v) is 15.2. The Kier molecular flexibility index (Phi) is 9.38. The van der Waals surface area contributed by atoms with Crippen molar-refractivity contribution in [3.05, 3.63) is 52.5 Å². The van der Waals surface area contributed by atoms with Crippen LogP contribution in [-0.4, -0.2) is 90.5 Å². The SMILES string of the molecule is CC(C)(C)OC(=O)COCCCN1CCN(c2ccc3c(c2)CN(C2C(C)(C)C(Oc4ccc(O)c(Cl)c4)C2(C)C)C3=O)CC1. The molecule has 246 valence electrons. The molecule has 1 amide bonds. The van der Waals surface area contributed by atoms with Gasteiger partial charge in [-0.25, -0.2) is 4.79 Å². The molecule has 1 saturated carbocycles. The van der Waals surface area contributed by atoms with E-state index in [4.69, 9.17) is 25.8 Å². The van der Waals surface area contributed by atoms with E-state index in [9.17, 15) is 14.7 Å². The molecule has 9 nitrogen and oxygen atoms in total. The lowest BCUT2D eigenvalue weighted by Crippen LogP contribution is -2.74. The minimum absolute atomic E-state index is 0.0114. The Balaban J connectivity index is 1.13. The number of benzene rings is 2. The van der Waals surface area contributed by atoms with Gasteiger partial charge >= 0.3 is 5.97 Å². The van der Waals surface area contributed by atoms with Crippen molar-refractivity contribution < 1.29 is 28.9 Å². The van der Waals surface area contributed by atoms with Crippen LogP contribution in [0.5, 0.6) is 11.5 Å². The number of phenols is 1. The molecule has 2 aliphatic heterocycles. The highest BCUT2D eigenvalue weighted by Crippen LogP contribution is 2.59. The average Bonchev–Trinajstić information content (AvgIpc) is 3.26. The van der Waals surface area contributed by atoms with E-state index in [2.05, 4.69) is 49.6 Å². The molecule has 0 bridgehead atoms. The van der Waals surface area contributed by atoms with Gasteiger partial charge in [0.2, 0.25) is 0 Å². The number of rotatable bonds is 10. The molecule has 10 heteroatoms. The van der Waals surface area contributed by atoms with Crippen molar-refractivity contribution in [1.29, 1.82) is 0 Å². The van der Waals surface area contributed by atoms with E-state index in [1.165, 1.54) is 6.07 Å². The molecule has 0 aromatic heterocycles. The number of hydrogen-bond donors (Lipinski definition) is 1.